The minimum absolute atomic E-state index is 0.103. The van der Waals surface area contributed by atoms with Crippen molar-refractivity contribution in [3.05, 3.63) is 113 Å². The SMILES string of the molecule is COC(=O)C1=C(C)NC2=C(C(=O)c3ccccc32)[C@H]1c1cc(I)c(OCc2ccc(F)cc2)c(I)c1. The number of esters is 1. The normalized spacial score (nSPS) is 16.5. The Morgan fingerprint density at radius 2 is 1.67 bits per heavy atom. The summed E-state index contributed by atoms with van der Waals surface area (Å²) >= 11 is 4.40. The van der Waals surface area contributed by atoms with Crippen molar-refractivity contribution < 1.29 is 23.5 Å². The Hall–Kier alpha value is -2.73. The molecule has 0 spiro atoms. The summed E-state index contributed by atoms with van der Waals surface area (Å²) in [6.07, 6.45) is 0. The first-order valence-corrected chi connectivity index (χ1v) is 13.3. The Bertz CT molecular complexity index is 1450. The van der Waals surface area contributed by atoms with Crippen molar-refractivity contribution in [3.8, 4) is 5.75 Å². The van der Waals surface area contributed by atoms with Crippen LogP contribution in [0.2, 0.25) is 0 Å². The van der Waals surface area contributed by atoms with E-state index in [1.807, 2.05) is 43.3 Å². The van der Waals surface area contributed by atoms with Crippen LogP contribution in [0.5, 0.6) is 5.75 Å². The van der Waals surface area contributed by atoms with E-state index in [9.17, 15) is 14.0 Å². The van der Waals surface area contributed by atoms with Gasteiger partial charge in [-0.3, -0.25) is 4.79 Å². The maximum atomic E-state index is 13.6. The van der Waals surface area contributed by atoms with Crippen LogP contribution in [0.3, 0.4) is 0 Å². The third kappa shape index (κ3) is 4.34. The smallest absolute Gasteiger partial charge is 0.336 e. The third-order valence-corrected chi connectivity index (χ3v) is 7.91. The van der Waals surface area contributed by atoms with Crippen molar-refractivity contribution in [1.82, 2.24) is 5.32 Å². The second-order valence-corrected chi connectivity index (χ2v) is 10.8. The van der Waals surface area contributed by atoms with E-state index in [0.29, 0.717) is 28.2 Å². The summed E-state index contributed by atoms with van der Waals surface area (Å²) in [5.74, 6) is -0.789. The van der Waals surface area contributed by atoms with Crippen molar-refractivity contribution in [2.24, 2.45) is 0 Å². The third-order valence-electron chi connectivity index (χ3n) is 6.30. The lowest BCUT2D eigenvalue weighted by Gasteiger charge is -2.29. The highest BCUT2D eigenvalue weighted by Crippen LogP contribution is 2.48. The molecule has 5 rings (SSSR count). The van der Waals surface area contributed by atoms with Gasteiger partial charge in [0.1, 0.15) is 18.2 Å². The largest absolute Gasteiger partial charge is 0.487 e. The van der Waals surface area contributed by atoms with Gasteiger partial charge in [0.05, 0.1) is 25.5 Å². The first-order valence-electron chi connectivity index (χ1n) is 11.1. The number of ketones is 1. The van der Waals surface area contributed by atoms with Gasteiger partial charge in [-0.2, -0.15) is 0 Å². The van der Waals surface area contributed by atoms with E-state index in [4.69, 9.17) is 9.47 Å². The monoisotopic (exact) mass is 707 g/mol. The number of hydrogen-bond acceptors (Lipinski definition) is 5. The van der Waals surface area contributed by atoms with Gasteiger partial charge in [-0.25, -0.2) is 9.18 Å². The van der Waals surface area contributed by atoms with E-state index < -0.39 is 11.9 Å². The molecule has 1 aliphatic carbocycles. The van der Waals surface area contributed by atoms with Crippen LogP contribution in [0.15, 0.2) is 77.5 Å². The van der Waals surface area contributed by atoms with Crippen molar-refractivity contribution >= 4 is 62.6 Å². The number of methoxy groups -OCH3 is 1. The molecule has 0 amide bonds. The van der Waals surface area contributed by atoms with E-state index in [1.54, 1.807) is 12.1 Å². The number of carbonyl (C=O) groups excluding carboxylic acids is 2. The summed E-state index contributed by atoms with van der Waals surface area (Å²) in [5.41, 5.74) is 5.41. The lowest BCUT2D eigenvalue weighted by molar-refractivity contribution is -0.136. The number of ether oxygens (including phenoxy) is 2. The van der Waals surface area contributed by atoms with Crippen molar-refractivity contribution in [3.63, 3.8) is 0 Å². The maximum absolute atomic E-state index is 13.6. The Morgan fingerprint density at radius 3 is 2.31 bits per heavy atom. The number of allylic oxidation sites excluding steroid dienone is 2. The number of Topliss-reactive ketones (excluding diaryl/α,β-unsaturated/α-hetero) is 1. The zero-order valence-corrected chi connectivity index (χ0v) is 23.6. The lowest BCUT2D eigenvalue weighted by Crippen LogP contribution is -2.29. The van der Waals surface area contributed by atoms with Crippen LogP contribution < -0.4 is 10.1 Å². The summed E-state index contributed by atoms with van der Waals surface area (Å²) < 4.78 is 26.1. The molecule has 3 aromatic carbocycles. The molecule has 1 atom stereocenters. The maximum Gasteiger partial charge on any atom is 0.336 e. The molecule has 1 heterocycles. The van der Waals surface area contributed by atoms with E-state index in [1.165, 1.54) is 19.2 Å². The molecule has 0 bridgehead atoms. The van der Waals surface area contributed by atoms with Crippen LogP contribution in [0.1, 0.15) is 39.9 Å². The lowest BCUT2D eigenvalue weighted by atomic mass is 9.80. The van der Waals surface area contributed by atoms with E-state index >= 15 is 0 Å². The van der Waals surface area contributed by atoms with Gasteiger partial charge < -0.3 is 14.8 Å². The molecule has 0 unspecified atom stereocenters. The van der Waals surface area contributed by atoms with Crippen molar-refractivity contribution in [2.45, 2.75) is 19.4 Å². The van der Waals surface area contributed by atoms with Gasteiger partial charge in [0, 0.05) is 28.3 Å². The highest BCUT2D eigenvalue weighted by atomic mass is 127. The summed E-state index contributed by atoms with van der Waals surface area (Å²) in [4.78, 5) is 26.5. The number of nitrogens with one attached hydrogen (secondary N) is 1. The number of halogens is 3. The quantitative estimate of drug-likeness (QED) is 0.248. The van der Waals surface area contributed by atoms with E-state index in [2.05, 4.69) is 50.5 Å². The Balaban J connectivity index is 1.57. The fraction of sp³-hybridized carbons (Fsp3) is 0.143. The van der Waals surface area contributed by atoms with Crippen LogP contribution in [0, 0.1) is 13.0 Å². The van der Waals surface area contributed by atoms with Gasteiger partial charge >= 0.3 is 5.97 Å². The molecule has 0 saturated heterocycles. The molecule has 0 aromatic heterocycles. The van der Waals surface area contributed by atoms with Gasteiger partial charge in [-0.15, -0.1) is 0 Å². The zero-order chi connectivity index (χ0) is 25.6. The Kier molecular flexibility index (Phi) is 6.90. The number of hydrogen-bond donors (Lipinski definition) is 1. The molecule has 0 fully saturated rings. The first kappa shape index (κ1) is 24.9. The second kappa shape index (κ2) is 9.97. The molecule has 0 radical (unpaired) electrons. The Labute approximate surface area is 235 Å². The number of dihydropyridines is 1. The topological polar surface area (TPSA) is 64.6 Å². The van der Waals surface area contributed by atoms with Crippen LogP contribution in [-0.2, 0) is 16.1 Å². The van der Waals surface area contributed by atoms with Crippen LogP contribution in [-0.4, -0.2) is 18.9 Å². The van der Waals surface area contributed by atoms with Gasteiger partial charge in [0.15, 0.2) is 5.78 Å². The van der Waals surface area contributed by atoms with Gasteiger partial charge in [0.2, 0.25) is 0 Å². The number of fused-ring (bicyclic) bond motifs is 2. The minimum atomic E-state index is -0.596. The van der Waals surface area contributed by atoms with Crippen molar-refractivity contribution in [2.75, 3.05) is 7.11 Å². The second-order valence-electron chi connectivity index (χ2n) is 8.48. The number of benzene rings is 3. The van der Waals surface area contributed by atoms with Crippen molar-refractivity contribution in [1.29, 1.82) is 0 Å². The number of rotatable bonds is 5. The average molecular weight is 707 g/mol. The van der Waals surface area contributed by atoms with Crippen LogP contribution >= 0.6 is 45.2 Å². The summed E-state index contributed by atoms with van der Waals surface area (Å²) in [7, 11) is 1.34. The van der Waals surface area contributed by atoms with Crippen LogP contribution in [0.25, 0.3) is 5.70 Å². The molecule has 182 valence electrons. The molecule has 3 aromatic rings. The number of carbonyl (C=O) groups is 2. The first-order chi connectivity index (χ1) is 17.3. The molecule has 5 nitrogen and oxygen atoms in total. The standard InChI is InChI=1S/C28H20FI2NO4/c1-14-22(28(34)35-2)23(24-25(32-14)18-5-3-4-6-19(18)26(24)33)16-11-20(30)27(21(31)12-16)36-13-15-7-9-17(29)10-8-15/h3-12,23,32H,13H2,1-2H3/t23-/m0/s1. The molecule has 1 N–H and O–H groups in total. The van der Waals surface area contributed by atoms with E-state index in [0.717, 1.165) is 29.5 Å². The molecule has 8 heteroatoms. The van der Waals surface area contributed by atoms with Gasteiger partial charge in [0.25, 0.3) is 0 Å². The minimum Gasteiger partial charge on any atom is -0.487 e. The van der Waals surface area contributed by atoms with Gasteiger partial charge in [-0.05, 0) is 87.5 Å². The molecule has 1 aliphatic heterocycles. The highest BCUT2D eigenvalue weighted by molar-refractivity contribution is 14.1. The molecule has 2 aliphatic rings. The fourth-order valence-corrected chi connectivity index (χ4v) is 6.79. The van der Waals surface area contributed by atoms with Crippen LogP contribution in [0.4, 0.5) is 4.39 Å². The Morgan fingerprint density at radius 1 is 1.03 bits per heavy atom. The summed E-state index contributed by atoms with van der Waals surface area (Å²) in [6, 6.07) is 17.5. The molecule has 0 saturated carbocycles. The molecular weight excluding hydrogens is 687 g/mol. The summed E-state index contributed by atoms with van der Waals surface area (Å²) in [5, 5.41) is 3.30. The van der Waals surface area contributed by atoms with E-state index in [-0.39, 0.29) is 18.2 Å². The highest BCUT2D eigenvalue weighted by Gasteiger charge is 2.43. The predicted molar refractivity (Wildman–Crippen MR) is 151 cm³/mol. The summed E-state index contributed by atoms with van der Waals surface area (Å²) in [6.45, 7) is 2.11. The fourth-order valence-electron chi connectivity index (χ4n) is 4.66. The predicted octanol–water partition coefficient (Wildman–Crippen LogP) is 6.36. The van der Waals surface area contributed by atoms with Gasteiger partial charge in [-0.1, -0.05) is 36.4 Å². The molecular formula is C28H20FI2NO4. The molecule has 36 heavy (non-hydrogen) atoms. The zero-order valence-electron chi connectivity index (χ0n) is 19.3. The average Bonchev–Trinajstić information content (AvgIpc) is 3.14.